The molecule has 2 rings (SSSR count). The van der Waals surface area contributed by atoms with Gasteiger partial charge in [0.15, 0.2) is 0 Å². The first-order chi connectivity index (χ1) is 9.24. The highest BCUT2D eigenvalue weighted by Crippen LogP contribution is 2.31. The molecule has 1 heterocycles. The SMILES string of the molecule is CCC1(COCCCCc2ccc(Br)cc2)COC1. The Kier molecular flexibility index (Phi) is 5.86. The van der Waals surface area contributed by atoms with Crippen molar-refractivity contribution in [2.24, 2.45) is 5.41 Å². The van der Waals surface area contributed by atoms with E-state index in [2.05, 4.69) is 47.1 Å². The van der Waals surface area contributed by atoms with Gasteiger partial charge in [-0.15, -0.1) is 0 Å². The van der Waals surface area contributed by atoms with Gasteiger partial charge in [-0.1, -0.05) is 35.0 Å². The Bertz CT molecular complexity index is 365. The fraction of sp³-hybridized carbons (Fsp3) is 0.625. The Balaban J connectivity index is 1.54. The fourth-order valence-electron chi connectivity index (χ4n) is 2.25. The van der Waals surface area contributed by atoms with Gasteiger partial charge in [-0.3, -0.25) is 0 Å². The molecule has 0 radical (unpaired) electrons. The van der Waals surface area contributed by atoms with Crippen LogP contribution in [0.4, 0.5) is 0 Å². The van der Waals surface area contributed by atoms with E-state index < -0.39 is 0 Å². The van der Waals surface area contributed by atoms with E-state index in [1.165, 1.54) is 12.0 Å². The molecule has 3 heteroatoms. The fourth-order valence-corrected chi connectivity index (χ4v) is 2.52. The minimum Gasteiger partial charge on any atom is -0.381 e. The van der Waals surface area contributed by atoms with E-state index in [1.54, 1.807) is 0 Å². The molecular weight excluding hydrogens is 304 g/mol. The molecule has 0 aromatic heterocycles. The summed E-state index contributed by atoms with van der Waals surface area (Å²) in [5.74, 6) is 0. The van der Waals surface area contributed by atoms with E-state index in [4.69, 9.17) is 9.47 Å². The van der Waals surface area contributed by atoms with E-state index in [0.717, 1.165) is 50.2 Å². The Labute approximate surface area is 124 Å². The third-order valence-corrected chi connectivity index (χ3v) is 4.42. The molecule has 1 aliphatic rings. The van der Waals surface area contributed by atoms with Gasteiger partial charge in [0, 0.05) is 16.5 Å². The van der Waals surface area contributed by atoms with E-state index >= 15 is 0 Å². The standard InChI is InChI=1S/C16H23BrO2/c1-2-16(12-19-13-16)11-18-10-4-3-5-14-6-8-15(17)9-7-14/h6-9H,2-5,10-13H2,1H3. The number of ether oxygens (including phenoxy) is 2. The monoisotopic (exact) mass is 326 g/mol. The van der Waals surface area contributed by atoms with Crippen molar-refractivity contribution >= 4 is 15.9 Å². The van der Waals surface area contributed by atoms with Crippen molar-refractivity contribution in [1.82, 2.24) is 0 Å². The van der Waals surface area contributed by atoms with Gasteiger partial charge in [0.1, 0.15) is 0 Å². The lowest BCUT2D eigenvalue weighted by Gasteiger charge is -2.40. The summed E-state index contributed by atoms with van der Waals surface area (Å²) in [7, 11) is 0. The van der Waals surface area contributed by atoms with Gasteiger partial charge in [-0.05, 0) is 43.4 Å². The van der Waals surface area contributed by atoms with Crippen molar-refractivity contribution in [3.63, 3.8) is 0 Å². The number of unbranched alkanes of at least 4 members (excludes halogenated alkanes) is 1. The van der Waals surface area contributed by atoms with Crippen molar-refractivity contribution in [2.45, 2.75) is 32.6 Å². The normalized spacial score (nSPS) is 17.2. The van der Waals surface area contributed by atoms with E-state index in [1.807, 2.05) is 0 Å². The molecule has 1 aromatic carbocycles. The van der Waals surface area contributed by atoms with Crippen molar-refractivity contribution in [2.75, 3.05) is 26.4 Å². The second-order valence-corrected chi connectivity index (χ2v) is 6.40. The molecule has 0 spiro atoms. The van der Waals surface area contributed by atoms with Crippen LogP contribution >= 0.6 is 15.9 Å². The molecule has 1 aromatic rings. The molecular formula is C16H23BrO2. The molecule has 0 bridgehead atoms. The summed E-state index contributed by atoms with van der Waals surface area (Å²) < 4.78 is 12.2. The highest BCUT2D eigenvalue weighted by atomic mass is 79.9. The minimum absolute atomic E-state index is 0.325. The quantitative estimate of drug-likeness (QED) is 0.666. The molecule has 0 atom stereocenters. The maximum atomic E-state index is 5.80. The number of halogens is 1. The maximum Gasteiger partial charge on any atom is 0.0566 e. The predicted molar refractivity (Wildman–Crippen MR) is 81.4 cm³/mol. The third kappa shape index (κ3) is 4.59. The summed E-state index contributed by atoms with van der Waals surface area (Å²) in [5.41, 5.74) is 1.73. The van der Waals surface area contributed by atoms with Gasteiger partial charge in [0.05, 0.1) is 19.8 Å². The van der Waals surface area contributed by atoms with Crippen LogP contribution in [0.15, 0.2) is 28.7 Å². The number of hydrogen-bond donors (Lipinski definition) is 0. The number of benzene rings is 1. The lowest BCUT2D eigenvalue weighted by Crippen LogP contribution is -2.45. The maximum absolute atomic E-state index is 5.80. The summed E-state index contributed by atoms with van der Waals surface area (Å²) in [6.07, 6.45) is 4.62. The highest BCUT2D eigenvalue weighted by Gasteiger charge is 2.36. The molecule has 0 N–H and O–H groups in total. The second-order valence-electron chi connectivity index (χ2n) is 5.48. The first-order valence-electron chi connectivity index (χ1n) is 7.14. The zero-order valence-corrected chi connectivity index (χ0v) is 13.2. The summed E-state index contributed by atoms with van der Waals surface area (Å²) in [6, 6.07) is 8.58. The molecule has 19 heavy (non-hydrogen) atoms. The Morgan fingerprint density at radius 3 is 2.53 bits per heavy atom. The number of rotatable bonds is 8. The van der Waals surface area contributed by atoms with Crippen LogP contribution in [0.5, 0.6) is 0 Å². The van der Waals surface area contributed by atoms with Crippen LogP contribution in [0.1, 0.15) is 31.7 Å². The van der Waals surface area contributed by atoms with Crippen LogP contribution in [0.25, 0.3) is 0 Å². The van der Waals surface area contributed by atoms with Crippen molar-refractivity contribution in [3.8, 4) is 0 Å². The van der Waals surface area contributed by atoms with E-state index in [0.29, 0.717) is 5.41 Å². The summed E-state index contributed by atoms with van der Waals surface area (Å²) >= 11 is 3.46. The molecule has 106 valence electrons. The molecule has 1 fully saturated rings. The molecule has 1 saturated heterocycles. The Hall–Kier alpha value is -0.380. The van der Waals surface area contributed by atoms with Crippen LogP contribution in [-0.2, 0) is 15.9 Å². The lowest BCUT2D eigenvalue weighted by molar-refractivity contribution is -0.150. The van der Waals surface area contributed by atoms with Crippen molar-refractivity contribution in [3.05, 3.63) is 34.3 Å². The third-order valence-electron chi connectivity index (χ3n) is 3.89. The van der Waals surface area contributed by atoms with Crippen LogP contribution < -0.4 is 0 Å². The molecule has 2 nitrogen and oxygen atoms in total. The van der Waals surface area contributed by atoms with Crippen LogP contribution in [0.3, 0.4) is 0 Å². The van der Waals surface area contributed by atoms with Gasteiger partial charge in [-0.2, -0.15) is 0 Å². The zero-order valence-electron chi connectivity index (χ0n) is 11.7. The lowest BCUT2D eigenvalue weighted by atomic mass is 9.84. The molecule has 0 aliphatic carbocycles. The van der Waals surface area contributed by atoms with Gasteiger partial charge in [0.25, 0.3) is 0 Å². The van der Waals surface area contributed by atoms with E-state index in [9.17, 15) is 0 Å². The van der Waals surface area contributed by atoms with Crippen molar-refractivity contribution < 1.29 is 9.47 Å². The zero-order chi connectivity index (χ0) is 13.6. The van der Waals surface area contributed by atoms with Crippen LogP contribution in [-0.4, -0.2) is 26.4 Å². The molecule has 0 unspecified atom stereocenters. The summed E-state index contributed by atoms with van der Waals surface area (Å²) in [4.78, 5) is 0. The molecule has 1 aliphatic heterocycles. The molecule has 0 saturated carbocycles. The van der Waals surface area contributed by atoms with Crippen molar-refractivity contribution in [1.29, 1.82) is 0 Å². The van der Waals surface area contributed by atoms with Gasteiger partial charge >= 0.3 is 0 Å². The molecule has 0 amide bonds. The highest BCUT2D eigenvalue weighted by molar-refractivity contribution is 9.10. The predicted octanol–water partition coefficient (Wildman–Crippen LogP) is 4.22. The topological polar surface area (TPSA) is 18.5 Å². The first-order valence-corrected chi connectivity index (χ1v) is 7.93. The van der Waals surface area contributed by atoms with Gasteiger partial charge in [0.2, 0.25) is 0 Å². The van der Waals surface area contributed by atoms with Crippen LogP contribution in [0.2, 0.25) is 0 Å². The van der Waals surface area contributed by atoms with Gasteiger partial charge < -0.3 is 9.47 Å². The number of hydrogen-bond acceptors (Lipinski definition) is 2. The first kappa shape index (κ1) is 15.0. The van der Waals surface area contributed by atoms with Gasteiger partial charge in [-0.25, -0.2) is 0 Å². The average molecular weight is 327 g/mol. The van der Waals surface area contributed by atoms with E-state index in [-0.39, 0.29) is 0 Å². The van der Waals surface area contributed by atoms with Crippen LogP contribution in [0, 0.1) is 5.41 Å². The minimum atomic E-state index is 0.325. The Morgan fingerprint density at radius 1 is 1.21 bits per heavy atom. The summed E-state index contributed by atoms with van der Waals surface area (Å²) in [6.45, 7) is 5.71. The second kappa shape index (κ2) is 7.41. The Morgan fingerprint density at radius 2 is 1.95 bits per heavy atom. The number of aryl methyl sites for hydroxylation is 1. The summed E-state index contributed by atoms with van der Waals surface area (Å²) in [5, 5.41) is 0. The smallest absolute Gasteiger partial charge is 0.0566 e. The largest absolute Gasteiger partial charge is 0.381 e. The average Bonchev–Trinajstić information content (AvgIpc) is 2.38.